The summed E-state index contributed by atoms with van der Waals surface area (Å²) in [4.78, 5) is 31.5. The molecule has 2 aliphatic rings. The SMILES string of the molecule is COc1ccc(C(=O)N2CCCN(C[C@@H]3CN(C(=O)c4ccc(F)cc4F)CCO3)CC2)cc1OC. The highest BCUT2D eigenvalue weighted by atomic mass is 19.1. The number of morpholine rings is 1. The molecule has 0 aromatic heterocycles. The van der Waals surface area contributed by atoms with Gasteiger partial charge in [-0.15, -0.1) is 0 Å². The number of carbonyl (C=O) groups excluding carboxylic acids is 2. The lowest BCUT2D eigenvalue weighted by atomic mass is 10.1. The van der Waals surface area contributed by atoms with Crippen LogP contribution in [0, 0.1) is 11.6 Å². The van der Waals surface area contributed by atoms with Gasteiger partial charge in [-0.25, -0.2) is 8.78 Å². The highest BCUT2D eigenvalue weighted by Gasteiger charge is 2.29. The van der Waals surface area contributed by atoms with E-state index in [-0.39, 0.29) is 17.6 Å². The second kappa shape index (κ2) is 11.7. The van der Waals surface area contributed by atoms with Crippen molar-refractivity contribution >= 4 is 11.8 Å². The van der Waals surface area contributed by atoms with Crippen LogP contribution in [0.5, 0.6) is 11.5 Å². The second-order valence-corrected chi connectivity index (χ2v) is 8.88. The quantitative estimate of drug-likeness (QED) is 0.604. The first-order chi connectivity index (χ1) is 17.4. The molecule has 2 amide bonds. The molecule has 0 bridgehead atoms. The number of hydrogen-bond acceptors (Lipinski definition) is 6. The van der Waals surface area contributed by atoms with E-state index in [1.807, 2.05) is 4.90 Å². The number of methoxy groups -OCH3 is 2. The highest BCUT2D eigenvalue weighted by Crippen LogP contribution is 2.28. The fourth-order valence-electron chi connectivity index (χ4n) is 4.64. The zero-order valence-electron chi connectivity index (χ0n) is 20.5. The first-order valence-electron chi connectivity index (χ1n) is 12.0. The number of carbonyl (C=O) groups is 2. The number of halogens is 2. The standard InChI is InChI=1S/C26H31F2N3O5/c1-34-23-7-4-18(14-24(23)35-2)25(32)30-9-3-8-29(10-11-30)16-20-17-31(12-13-36-20)26(33)21-6-5-19(27)15-22(21)28/h4-7,14-15,20H,3,8-13,16-17H2,1-2H3/t20-/m1/s1. The number of ether oxygens (including phenoxy) is 3. The van der Waals surface area contributed by atoms with Gasteiger partial charge in [0.2, 0.25) is 0 Å². The molecule has 1 atom stereocenters. The van der Waals surface area contributed by atoms with Crippen molar-refractivity contribution in [2.45, 2.75) is 12.5 Å². The van der Waals surface area contributed by atoms with Crippen molar-refractivity contribution in [1.29, 1.82) is 0 Å². The number of amides is 2. The smallest absolute Gasteiger partial charge is 0.257 e. The summed E-state index contributed by atoms with van der Waals surface area (Å²) in [5, 5.41) is 0. The van der Waals surface area contributed by atoms with E-state index in [0.717, 1.165) is 25.1 Å². The van der Waals surface area contributed by atoms with Crippen LogP contribution in [-0.2, 0) is 4.74 Å². The molecule has 194 valence electrons. The van der Waals surface area contributed by atoms with E-state index in [4.69, 9.17) is 14.2 Å². The number of benzene rings is 2. The van der Waals surface area contributed by atoms with Crippen LogP contribution in [0.3, 0.4) is 0 Å². The van der Waals surface area contributed by atoms with Gasteiger partial charge >= 0.3 is 0 Å². The zero-order valence-corrected chi connectivity index (χ0v) is 20.5. The number of nitrogens with zero attached hydrogens (tertiary/aromatic N) is 3. The van der Waals surface area contributed by atoms with Crippen LogP contribution in [0.2, 0.25) is 0 Å². The molecule has 2 heterocycles. The lowest BCUT2D eigenvalue weighted by molar-refractivity contribution is -0.0354. The molecule has 36 heavy (non-hydrogen) atoms. The van der Waals surface area contributed by atoms with Gasteiger partial charge in [-0.05, 0) is 43.3 Å². The Morgan fingerprint density at radius 3 is 2.47 bits per heavy atom. The number of hydrogen-bond donors (Lipinski definition) is 0. The first-order valence-corrected chi connectivity index (χ1v) is 12.0. The molecule has 0 radical (unpaired) electrons. The van der Waals surface area contributed by atoms with Crippen LogP contribution in [0.25, 0.3) is 0 Å². The van der Waals surface area contributed by atoms with E-state index < -0.39 is 17.5 Å². The summed E-state index contributed by atoms with van der Waals surface area (Å²) in [6.45, 7) is 4.24. The summed E-state index contributed by atoms with van der Waals surface area (Å²) < 4.78 is 43.8. The Hall–Kier alpha value is -3.24. The van der Waals surface area contributed by atoms with Crippen LogP contribution < -0.4 is 9.47 Å². The summed E-state index contributed by atoms with van der Waals surface area (Å²) in [5.41, 5.74) is 0.398. The maximum atomic E-state index is 14.1. The van der Waals surface area contributed by atoms with Crippen LogP contribution in [0.15, 0.2) is 36.4 Å². The summed E-state index contributed by atoms with van der Waals surface area (Å²) >= 11 is 0. The van der Waals surface area contributed by atoms with Gasteiger partial charge in [0.05, 0.1) is 32.5 Å². The Bertz CT molecular complexity index is 1100. The van der Waals surface area contributed by atoms with E-state index >= 15 is 0 Å². The van der Waals surface area contributed by atoms with Gasteiger partial charge in [0, 0.05) is 50.9 Å². The molecule has 0 N–H and O–H groups in total. The normalized spacial score (nSPS) is 19.1. The third kappa shape index (κ3) is 5.93. The van der Waals surface area contributed by atoms with Gasteiger partial charge in [-0.1, -0.05) is 0 Å². The van der Waals surface area contributed by atoms with Gasteiger partial charge in [0.25, 0.3) is 11.8 Å². The monoisotopic (exact) mass is 503 g/mol. The highest BCUT2D eigenvalue weighted by molar-refractivity contribution is 5.95. The summed E-state index contributed by atoms with van der Waals surface area (Å²) in [5.74, 6) is -1.04. The van der Waals surface area contributed by atoms with Crippen molar-refractivity contribution in [1.82, 2.24) is 14.7 Å². The molecule has 4 rings (SSSR count). The van der Waals surface area contributed by atoms with Gasteiger partial charge in [-0.3, -0.25) is 14.5 Å². The van der Waals surface area contributed by atoms with E-state index in [9.17, 15) is 18.4 Å². The largest absolute Gasteiger partial charge is 0.493 e. The molecule has 2 fully saturated rings. The van der Waals surface area contributed by atoms with E-state index in [1.165, 1.54) is 13.2 Å². The first kappa shape index (κ1) is 25.8. The van der Waals surface area contributed by atoms with Gasteiger partial charge < -0.3 is 24.0 Å². The van der Waals surface area contributed by atoms with Crippen molar-refractivity contribution in [2.24, 2.45) is 0 Å². The molecule has 0 saturated carbocycles. The minimum atomic E-state index is -0.866. The van der Waals surface area contributed by atoms with Gasteiger partial charge in [-0.2, -0.15) is 0 Å². The van der Waals surface area contributed by atoms with Crippen LogP contribution in [-0.4, -0.2) is 99.3 Å². The predicted octanol–water partition coefficient (Wildman–Crippen LogP) is 2.67. The average molecular weight is 504 g/mol. The predicted molar refractivity (Wildman–Crippen MR) is 129 cm³/mol. The Kier molecular flexibility index (Phi) is 8.37. The Morgan fingerprint density at radius 1 is 0.917 bits per heavy atom. The molecule has 0 unspecified atom stereocenters. The molecule has 2 aromatic rings. The fourth-order valence-corrected chi connectivity index (χ4v) is 4.64. The Labute approximate surface area is 209 Å². The molecule has 0 aliphatic carbocycles. The van der Waals surface area contributed by atoms with Crippen molar-refractivity contribution in [3.05, 3.63) is 59.2 Å². The van der Waals surface area contributed by atoms with Crippen molar-refractivity contribution in [2.75, 3.05) is 66.6 Å². The second-order valence-electron chi connectivity index (χ2n) is 8.88. The van der Waals surface area contributed by atoms with Crippen LogP contribution in [0.1, 0.15) is 27.1 Å². The summed E-state index contributed by atoms with van der Waals surface area (Å²) in [7, 11) is 3.09. The lowest BCUT2D eigenvalue weighted by Gasteiger charge is -2.35. The molecular formula is C26H31F2N3O5. The fraction of sp³-hybridized carbons (Fsp3) is 0.462. The summed E-state index contributed by atoms with van der Waals surface area (Å²) in [6.07, 6.45) is 0.564. The lowest BCUT2D eigenvalue weighted by Crippen LogP contribution is -2.50. The zero-order chi connectivity index (χ0) is 25.7. The maximum Gasteiger partial charge on any atom is 0.257 e. The number of rotatable bonds is 6. The van der Waals surface area contributed by atoms with Crippen LogP contribution in [0.4, 0.5) is 8.78 Å². The molecular weight excluding hydrogens is 472 g/mol. The molecule has 2 aromatic carbocycles. The molecule has 8 nitrogen and oxygen atoms in total. The Balaban J connectivity index is 1.33. The van der Waals surface area contributed by atoms with Crippen molar-refractivity contribution < 1.29 is 32.6 Å². The van der Waals surface area contributed by atoms with Crippen molar-refractivity contribution in [3.8, 4) is 11.5 Å². The molecule has 2 saturated heterocycles. The molecule has 2 aliphatic heterocycles. The topological polar surface area (TPSA) is 71.6 Å². The minimum Gasteiger partial charge on any atom is -0.493 e. The minimum absolute atomic E-state index is 0.0650. The average Bonchev–Trinajstić information content (AvgIpc) is 3.13. The van der Waals surface area contributed by atoms with Crippen molar-refractivity contribution in [3.63, 3.8) is 0 Å². The van der Waals surface area contributed by atoms with Crippen LogP contribution >= 0.6 is 0 Å². The van der Waals surface area contributed by atoms with E-state index in [2.05, 4.69) is 4.90 Å². The third-order valence-corrected chi connectivity index (χ3v) is 6.56. The Morgan fingerprint density at radius 2 is 1.72 bits per heavy atom. The van der Waals surface area contributed by atoms with E-state index in [0.29, 0.717) is 62.9 Å². The third-order valence-electron chi connectivity index (χ3n) is 6.56. The molecule has 0 spiro atoms. The van der Waals surface area contributed by atoms with Gasteiger partial charge in [0.1, 0.15) is 11.6 Å². The van der Waals surface area contributed by atoms with E-state index in [1.54, 1.807) is 30.2 Å². The van der Waals surface area contributed by atoms with Gasteiger partial charge in [0.15, 0.2) is 11.5 Å². The molecule has 10 heteroatoms. The summed E-state index contributed by atoms with van der Waals surface area (Å²) in [6, 6.07) is 8.13. The maximum absolute atomic E-state index is 14.1.